The van der Waals surface area contributed by atoms with E-state index < -0.39 is 0 Å². The number of aromatic amines is 1. The van der Waals surface area contributed by atoms with Crippen molar-refractivity contribution in [3.63, 3.8) is 0 Å². The maximum Gasteiger partial charge on any atom is 0.222 e. The van der Waals surface area contributed by atoms with Crippen molar-refractivity contribution in [1.29, 1.82) is 0 Å². The minimum absolute atomic E-state index is 0.244. The van der Waals surface area contributed by atoms with Crippen molar-refractivity contribution in [3.8, 4) is 0 Å². The number of para-hydroxylation sites is 1. The molecule has 1 atom stereocenters. The van der Waals surface area contributed by atoms with Crippen LogP contribution in [0, 0.1) is 0 Å². The van der Waals surface area contributed by atoms with Crippen molar-refractivity contribution >= 4 is 16.8 Å². The summed E-state index contributed by atoms with van der Waals surface area (Å²) in [6.07, 6.45) is 3.66. The van der Waals surface area contributed by atoms with Gasteiger partial charge in [0.15, 0.2) is 0 Å². The molecule has 1 aliphatic rings. The molecule has 1 heterocycles. The van der Waals surface area contributed by atoms with Crippen LogP contribution in [-0.2, 0) is 17.6 Å². The number of nitrogens with zero attached hydrogens (tertiary/aromatic N) is 1. The molecule has 0 aliphatic heterocycles. The summed E-state index contributed by atoms with van der Waals surface area (Å²) in [5, 5.41) is 1.32. The number of fused-ring (bicyclic) bond motifs is 3. The Labute approximate surface area is 113 Å². The van der Waals surface area contributed by atoms with Gasteiger partial charge in [-0.15, -0.1) is 0 Å². The normalized spacial score (nSPS) is 18.3. The third-order valence-electron chi connectivity index (χ3n) is 4.31. The van der Waals surface area contributed by atoms with Gasteiger partial charge in [0.2, 0.25) is 5.91 Å². The van der Waals surface area contributed by atoms with Gasteiger partial charge in [0, 0.05) is 36.1 Å². The summed E-state index contributed by atoms with van der Waals surface area (Å²) in [6.45, 7) is 1.93. The van der Waals surface area contributed by atoms with Gasteiger partial charge in [-0.1, -0.05) is 25.1 Å². The molecule has 0 fully saturated rings. The van der Waals surface area contributed by atoms with Gasteiger partial charge in [0.05, 0.1) is 0 Å². The molecule has 1 N–H and O–H groups in total. The Balaban J connectivity index is 1.92. The van der Waals surface area contributed by atoms with Gasteiger partial charge in [-0.2, -0.15) is 0 Å². The van der Waals surface area contributed by atoms with Crippen molar-refractivity contribution in [1.82, 2.24) is 9.88 Å². The van der Waals surface area contributed by atoms with E-state index in [1.807, 2.05) is 18.9 Å². The number of hydrogen-bond acceptors (Lipinski definition) is 1. The van der Waals surface area contributed by atoms with Crippen LogP contribution >= 0.6 is 0 Å². The van der Waals surface area contributed by atoms with Gasteiger partial charge < -0.3 is 9.88 Å². The van der Waals surface area contributed by atoms with E-state index in [0.717, 1.165) is 19.3 Å². The Hall–Kier alpha value is -1.77. The molecule has 1 aliphatic carbocycles. The van der Waals surface area contributed by atoms with E-state index >= 15 is 0 Å². The molecule has 2 aromatic rings. The minimum atomic E-state index is 0.244. The maximum atomic E-state index is 11.8. The van der Waals surface area contributed by atoms with Crippen LogP contribution in [-0.4, -0.2) is 28.9 Å². The molecule has 0 spiro atoms. The molecule has 100 valence electrons. The summed E-state index contributed by atoms with van der Waals surface area (Å²) in [7, 11) is 1.94. The predicted octanol–water partition coefficient (Wildman–Crippen LogP) is 2.89. The number of aromatic nitrogens is 1. The molecule has 0 saturated heterocycles. The summed E-state index contributed by atoms with van der Waals surface area (Å²) in [6, 6.07) is 8.80. The molecule has 3 heteroatoms. The fraction of sp³-hybridized carbons (Fsp3) is 0.438. The lowest BCUT2D eigenvalue weighted by atomic mass is 9.90. The van der Waals surface area contributed by atoms with Crippen LogP contribution in [0.4, 0.5) is 0 Å². The second kappa shape index (κ2) is 4.72. The van der Waals surface area contributed by atoms with Crippen LogP contribution < -0.4 is 0 Å². The van der Waals surface area contributed by atoms with E-state index in [2.05, 4.69) is 29.2 Å². The number of benzene rings is 1. The van der Waals surface area contributed by atoms with Crippen LogP contribution in [0.3, 0.4) is 0 Å². The first-order chi connectivity index (χ1) is 9.20. The number of rotatable bonds is 2. The lowest BCUT2D eigenvalue weighted by Crippen LogP contribution is -2.40. The summed E-state index contributed by atoms with van der Waals surface area (Å²) >= 11 is 0. The number of carbonyl (C=O) groups is 1. The number of nitrogens with one attached hydrogen (secondary N) is 1. The third kappa shape index (κ3) is 2.03. The maximum absolute atomic E-state index is 11.8. The molecule has 1 amide bonds. The van der Waals surface area contributed by atoms with Crippen LogP contribution in [0.25, 0.3) is 10.9 Å². The van der Waals surface area contributed by atoms with Gasteiger partial charge in [-0.25, -0.2) is 0 Å². The Kier molecular flexibility index (Phi) is 3.05. The van der Waals surface area contributed by atoms with Crippen molar-refractivity contribution in [2.24, 2.45) is 0 Å². The average molecular weight is 256 g/mol. The van der Waals surface area contributed by atoms with E-state index in [4.69, 9.17) is 0 Å². The minimum Gasteiger partial charge on any atom is -0.358 e. The number of amides is 1. The average Bonchev–Trinajstić information content (AvgIpc) is 2.83. The van der Waals surface area contributed by atoms with E-state index in [-0.39, 0.29) is 5.91 Å². The largest absolute Gasteiger partial charge is 0.358 e. The molecule has 0 bridgehead atoms. The lowest BCUT2D eigenvalue weighted by molar-refractivity contribution is -0.131. The topological polar surface area (TPSA) is 36.1 Å². The quantitative estimate of drug-likeness (QED) is 0.881. The van der Waals surface area contributed by atoms with E-state index in [0.29, 0.717) is 12.5 Å². The van der Waals surface area contributed by atoms with Gasteiger partial charge >= 0.3 is 0 Å². The molecule has 1 aromatic carbocycles. The van der Waals surface area contributed by atoms with E-state index in [9.17, 15) is 4.79 Å². The molecular weight excluding hydrogens is 236 g/mol. The van der Waals surface area contributed by atoms with Crippen molar-refractivity contribution in [3.05, 3.63) is 35.5 Å². The Bertz CT molecular complexity index is 614. The second-order valence-corrected chi connectivity index (χ2v) is 5.38. The zero-order valence-electron chi connectivity index (χ0n) is 11.6. The Morgan fingerprint density at radius 2 is 2.21 bits per heavy atom. The molecule has 0 radical (unpaired) electrons. The monoisotopic (exact) mass is 256 g/mol. The highest BCUT2D eigenvalue weighted by atomic mass is 16.2. The van der Waals surface area contributed by atoms with Crippen LogP contribution in [0.1, 0.15) is 31.0 Å². The van der Waals surface area contributed by atoms with E-state index in [1.54, 1.807) is 0 Å². The Morgan fingerprint density at radius 3 is 3.00 bits per heavy atom. The molecular formula is C16H20N2O. The zero-order valence-corrected chi connectivity index (χ0v) is 11.6. The number of aryl methyl sites for hydroxylation is 1. The van der Waals surface area contributed by atoms with Crippen molar-refractivity contribution in [2.75, 3.05) is 7.05 Å². The number of H-pyrrole nitrogens is 1. The number of carbonyl (C=O) groups excluding carboxylic acids is 1. The summed E-state index contributed by atoms with van der Waals surface area (Å²) in [5.41, 5.74) is 3.98. The lowest BCUT2D eigenvalue weighted by Gasteiger charge is -2.31. The van der Waals surface area contributed by atoms with Crippen molar-refractivity contribution < 1.29 is 4.79 Å². The zero-order chi connectivity index (χ0) is 13.4. The Morgan fingerprint density at radius 1 is 1.42 bits per heavy atom. The van der Waals surface area contributed by atoms with E-state index in [1.165, 1.54) is 22.2 Å². The van der Waals surface area contributed by atoms with Crippen LogP contribution in [0.2, 0.25) is 0 Å². The molecule has 1 aromatic heterocycles. The summed E-state index contributed by atoms with van der Waals surface area (Å²) < 4.78 is 0. The molecule has 3 nitrogen and oxygen atoms in total. The smallest absolute Gasteiger partial charge is 0.222 e. The number of hydrogen-bond donors (Lipinski definition) is 1. The van der Waals surface area contributed by atoms with Crippen LogP contribution in [0.15, 0.2) is 24.3 Å². The molecule has 0 saturated carbocycles. The highest BCUT2D eigenvalue weighted by Gasteiger charge is 2.26. The summed E-state index contributed by atoms with van der Waals surface area (Å²) in [5.74, 6) is 0.244. The predicted molar refractivity (Wildman–Crippen MR) is 77.2 cm³/mol. The van der Waals surface area contributed by atoms with Gasteiger partial charge in [-0.3, -0.25) is 4.79 Å². The number of likely N-dealkylation sites (N-methyl/N-ethyl adjacent to an activating group) is 1. The molecule has 1 unspecified atom stereocenters. The van der Waals surface area contributed by atoms with Crippen molar-refractivity contribution in [2.45, 2.75) is 38.6 Å². The third-order valence-corrected chi connectivity index (χ3v) is 4.31. The van der Waals surface area contributed by atoms with Gasteiger partial charge in [0.25, 0.3) is 0 Å². The molecule has 3 rings (SSSR count). The first-order valence-electron chi connectivity index (χ1n) is 7.04. The SMILES string of the molecule is CCC(=O)N(C)C1CCc2[nH]c3ccccc3c2C1. The fourth-order valence-corrected chi connectivity index (χ4v) is 3.13. The molecule has 19 heavy (non-hydrogen) atoms. The second-order valence-electron chi connectivity index (χ2n) is 5.38. The highest BCUT2D eigenvalue weighted by molar-refractivity contribution is 5.85. The van der Waals surface area contributed by atoms with Gasteiger partial charge in [-0.05, 0) is 30.9 Å². The van der Waals surface area contributed by atoms with Gasteiger partial charge in [0.1, 0.15) is 0 Å². The first kappa shape index (κ1) is 12.3. The summed E-state index contributed by atoms with van der Waals surface area (Å²) in [4.78, 5) is 17.3. The first-order valence-corrected chi connectivity index (χ1v) is 7.04. The van der Waals surface area contributed by atoms with Crippen LogP contribution in [0.5, 0.6) is 0 Å². The highest BCUT2D eigenvalue weighted by Crippen LogP contribution is 2.30. The fourth-order valence-electron chi connectivity index (χ4n) is 3.13. The standard InChI is InChI=1S/C16H20N2O/c1-3-16(19)18(2)11-8-9-15-13(10-11)12-6-4-5-7-14(12)17-15/h4-7,11,17H,3,8-10H2,1-2H3.